The summed E-state index contributed by atoms with van der Waals surface area (Å²) in [6, 6.07) is 7.73. The highest BCUT2D eigenvalue weighted by Gasteiger charge is 2.22. The molecule has 1 amide bonds. The molecule has 1 aromatic carbocycles. The lowest BCUT2D eigenvalue weighted by Gasteiger charge is -2.06. The number of amides is 1. The lowest BCUT2D eigenvalue weighted by molar-refractivity contribution is 0.0943. The van der Waals surface area contributed by atoms with Gasteiger partial charge in [-0.1, -0.05) is 34.0 Å². The molecule has 6 nitrogen and oxygen atoms in total. The molecule has 0 bridgehead atoms. The lowest BCUT2D eigenvalue weighted by atomic mass is 10.0. The zero-order valence-electron chi connectivity index (χ0n) is 15.6. The fourth-order valence-corrected chi connectivity index (χ4v) is 3.06. The Bertz CT molecular complexity index is 909. The monoisotopic (exact) mass is 387 g/mol. The zero-order chi connectivity index (χ0) is 19.4. The average Bonchev–Trinajstić information content (AvgIpc) is 3.17. The maximum atomic E-state index is 12.5. The Labute approximate surface area is 162 Å². The van der Waals surface area contributed by atoms with Gasteiger partial charge in [-0.2, -0.15) is 0 Å². The Balaban J connectivity index is 1.59. The van der Waals surface area contributed by atoms with Crippen LogP contribution in [-0.2, 0) is 12.8 Å². The molecule has 7 heteroatoms. The second-order valence-electron chi connectivity index (χ2n) is 6.53. The number of nitrogens with one attached hydrogen (secondary N) is 1. The molecule has 0 unspecified atom stereocenters. The van der Waals surface area contributed by atoms with E-state index < -0.39 is 0 Å². The van der Waals surface area contributed by atoms with Gasteiger partial charge in [0.1, 0.15) is 11.5 Å². The highest BCUT2D eigenvalue weighted by Crippen LogP contribution is 2.22. The predicted octanol–water partition coefficient (Wildman–Crippen LogP) is 4.19. The fraction of sp³-hybridized carbons (Fsp3) is 0.350. The average molecular weight is 388 g/mol. The number of hydrogen-bond acceptors (Lipinski definition) is 5. The van der Waals surface area contributed by atoms with E-state index in [1.165, 1.54) is 5.56 Å². The molecule has 0 fully saturated rings. The molecule has 3 aromatic rings. The van der Waals surface area contributed by atoms with Gasteiger partial charge in [0.2, 0.25) is 0 Å². The molecule has 0 spiro atoms. The first-order valence-corrected chi connectivity index (χ1v) is 9.23. The van der Waals surface area contributed by atoms with Crippen molar-refractivity contribution in [3.63, 3.8) is 0 Å². The Morgan fingerprint density at radius 1 is 1.04 bits per heavy atom. The van der Waals surface area contributed by atoms with Crippen LogP contribution in [-0.4, -0.2) is 22.8 Å². The van der Waals surface area contributed by atoms with Crippen LogP contribution < -0.4 is 5.32 Å². The summed E-state index contributed by atoms with van der Waals surface area (Å²) >= 11 is 5.89. The zero-order valence-corrected chi connectivity index (χ0v) is 16.4. The molecular weight excluding hydrogens is 366 g/mol. The van der Waals surface area contributed by atoms with Gasteiger partial charge in [0.15, 0.2) is 5.69 Å². The van der Waals surface area contributed by atoms with Crippen molar-refractivity contribution in [2.45, 2.75) is 40.0 Å². The second kappa shape index (κ2) is 8.39. The van der Waals surface area contributed by atoms with Crippen molar-refractivity contribution in [1.29, 1.82) is 0 Å². The number of benzene rings is 1. The van der Waals surface area contributed by atoms with Gasteiger partial charge < -0.3 is 14.4 Å². The molecule has 2 aromatic heterocycles. The topological polar surface area (TPSA) is 81.2 Å². The van der Waals surface area contributed by atoms with Gasteiger partial charge in [0.05, 0.1) is 5.69 Å². The minimum Gasteiger partial charge on any atom is -0.361 e. The van der Waals surface area contributed by atoms with Crippen molar-refractivity contribution >= 4 is 17.5 Å². The van der Waals surface area contributed by atoms with Crippen molar-refractivity contribution in [3.8, 4) is 0 Å². The maximum absolute atomic E-state index is 12.5. The summed E-state index contributed by atoms with van der Waals surface area (Å²) in [5, 5.41) is 11.5. The van der Waals surface area contributed by atoms with Crippen LogP contribution >= 0.6 is 11.6 Å². The van der Waals surface area contributed by atoms with E-state index in [1.54, 1.807) is 6.92 Å². The minimum atomic E-state index is -0.232. The smallest absolute Gasteiger partial charge is 0.273 e. The SMILES string of the molecule is Cc1noc(C)c1Cc1c(C(=O)NCCCc2ccc(Cl)cc2)noc1C. The van der Waals surface area contributed by atoms with Crippen LogP contribution in [0.4, 0.5) is 0 Å². The highest BCUT2D eigenvalue weighted by atomic mass is 35.5. The second-order valence-corrected chi connectivity index (χ2v) is 6.97. The van der Waals surface area contributed by atoms with E-state index in [2.05, 4.69) is 15.6 Å². The van der Waals surface area contributed by atoms with E-state index >= 15 is 0 Å². The van der Waals surface area contributed by atoms with E-state index in [1.807, 2.05) is 38.1 Å². The third-order valence-electron chi connectivity index (χ3n) is 4.58. The van der Waals surface area contributed by atoms with Gasteiger partial charge in [-0.15, -0.1) is 0 Å². The number of aromatic nitrogens is 2. The van der Waals surface area contributed by atoms with E-state index in [0.29, 0.717) is 24.4 Å². The Hall–Kier alpha value is -2.60. The normalized spacial score (nSPS) is 11.0. The van der Waals surface area contributed by atoms with Crippen molar-refractivity contribution < 1.29 is 13.8 Å². The van der Waals surface area contributed by atoms with Crippen LogP contribution in [0.25, 0.3) is 0 Å². The van der Waals surface area contributed by atoms with Crippen LogP contribution in [0, 0.1) is 20.8 Å². The molecule has 3 rings (SSSR count). The number of halogens is 1. The van der Waals surface area contributed by atoms with Crippen LogP contribution in [0.15, 0.2) is 33.3 Å². The first kappa shape index (κ1) is 19.2. The Morgan fingerprint density at radius 2 is 1.70 bits per heavy atom. The van der Waals surface area contributed by atoms with Gasteiger partial charge >= 0.3 is 0 Å². The number of carbonyl (C=O) groups excluding carboxylic acids is 1. The first-order chi connectivity index (χ1) is 13.0. The quantitative estimate of drug-likeness (QED) is 0.614. The molecule has 0 atom stereocenters. The third kappa shape index (κ3) is 4.57. The minimum absolute atomic E-state index is 0.232. The van der Waals surface area contributed by atoms with Crippen molar-refractivity contribution in [3.05, 3.63) is 68.9 Å². The maximum Gasteiger partial charge on any atom is 0.273 e. The number of carbonyl (C=O) groups is 1. The van der Waals surface area contributed by atoms with Gasteiger partial charge in [0.25, 0.3) is 5.91 Å². The molecule has 27 heavy (non-hydrogen) atoms. The molecule has 142 valence electrons. The number of rotatable bonds is 7. The molecule has 0 aliphatic heterocycles. The van der Waals surface area contributed by atoms with Crippen LogP contribution in [0.1, 0.15) is 50.8 Å². The van der Waals surface area contributed by atoms with Crippen LogP contribution in [0.3, 0.4) is 0 Å². The molecule has 0 aliphatic rings. The lowest BCUT2D eigenvalue weighted by Crippen LogP contribution is -2.26. The van der Waals surface area contributed by atoms with Gasteiger partial charge in [-0.3, -0.25) is 4.79 Å². The van der Waals surface area contributed by atoms with Crippen molar-refractivity contribution in [1.82, 2.24) is 15.6 Å². The van der Waals surface area contributed by atoms with E-state index in [4.69, 9.17) is 20.6 Å². The molecule has 0 aliphatic carbocycles. The van der Waals surface area contributed by atoms with E-state index in [0.717, 1.165) is 40.4 Å². The molecule has 1 N–H and O–H groups in total. The highest BCUT2D eigenvalue weighted by molar-refractivity contribution is 6.30. The van der Waals surface area contributed by atoms with E-state index in [-0.39, 0.29) is 5.91 Å². The Morgan fingerprint density at radius 3 is 2.37 bits per heavy atom. The first-order valence-electron chi connectivity index (χ1n) is 8.85. The summed E-state index contributed by atoms with van der Waals surface area (Å²) < 4.78 is 10.5. The fourth-order valence-electron chi connectivity index (χ4n) is 2.94. The van der Waals surface area contributed by atoms with Crippen molar-refractivity contribution in [2.75, 3.05) is 6.54 Å². The van der Waals surface area contributed by atoms with Crippen LogP contribution in [0.2, 0.25) is 5.02 Å². The van der Waals surface area contributed by atoms with Crippen molar-refractivity contribution in [2.24, 2.45) is 0 Å². The van der Waals surface area contributed by atoms with Gasteiger partial charge in [0, 0.05) is 29.1 Å². The third-order valence-corrected chi connectivity index (χ3v) is 4.83. The molecule has 0 radical (unpaired) electrons. The summed E-state index contributed by atoms with van der Waals surface area (Å²) in [4.78, 5) is 12.5. The van der Waals surface area contributed by atoms with Crippen LogP contribution in [0.5, 0.6) is 0 Å². The summed E-state index contributed by atoms with van der Waals surface area (Å²) in [5.41, 5.74) is 4.03. The van der Waals surface area contributed by atoms with Gasteiger partial charge in [-0.25, -0.2) is 0 Å². The predicted molar refractivity (Wildman–Crippen MR) is 102 cm³/mol. The summed E-state index contributed by atoms with van der Waals surface area (Å²) in [6.07, 6.45) is 2.19. The number of aryl methyl sites for hydroxylation is 4. The molecule has 0 saturated heterocycles. The number of hydrogen-bond donors (Lipinski definition) is 1. The Kier molecular flexibility index (Phi) is 5.96. The standard InChI is InChI=1S/C20H22ClN3O3/c1-12-17(13(2)26-23-12)11-18-14(3)27-24-19(18)20(25)22-10-4-5-15-6-8-16(21)9-7-15/h6-9H,4-5,10-11H2,1-3H3,(H,22,25). The summed E-state index contributed by atoms with van der Waals surface area (Å²) in [6.45, 7) is 6.09. The number of nitrogens with zero attached hydrogens (tertiary/aromatic N) is 2. The summed E-state index contributed by atoms with van der Waals surface area (Å²) in [5.74, 6) is 1.13. The van der Waals surface area contributed by atoms with Gasteiger partial charge in [-0.05, 0) is 51.3 Å². The summed E-state index contributed by atoms with van der Waals surface area (Å²) in [7, 11) is 0. The van der Waals surface area contributed by atoms with E-state index in [9.17, 15) is 4.79 Å². The largest absolute Gasteiger partial charge is 0.361 e. The molecular formula is C20H22ClN3O3. The molecule has 0 saturated carbocycles. The molecule has 2 heterocycles.